The summed E-state index contributed by atoms with van der Waals surface area (Å²) in [7, 11) is 8.69. The lowest BCUT2D eigenvalue weighted by Gasteiger charge is -2.51. The second-order valence-electron chi connectivity index (χ2n) is 10.5. The molecule has 2 fully saturated rings. The van der Waals surface area contributed by atoms with Gasteiger partial charge >= 0.3 is 0 Å². The zero-order valence-corrected chi connectivity index (χ0v) is 21.3. The molecular formula is C27H51ClS. The van der Waals surface area contributed by atoms with Crippen LogP contribution in [0.3, 0.4) is 0 Å². The Balaban J connectivity index is 2.09. The van der Waals surface area contributed by atoms with E-state index < -0.39 is 0 Å². The number of hydrogen-bond donors (Lipinski definition) is 0. The van der Waals surface area contributed by atoms with Crippen molar-refractivity contribution < 1.29 is 0 Å². The maximum atomic E-state index is 6.89. The third-order valence-corrected chi connectivity index (χ3v) is 10.4. The Morgan fingerprint density at radius 1 is 0.552 bits per heavy atom. The first-order valence-electron chi connectivity index (χ1n) is 13.6. The van der Waals surface area contributed by atoms with E-state index in [-0.39, 0.29) is 0 Å². The molecule has 2 rings (SSSR count). The summed E-state index contributed by atoms with van der Waals surface area (Å²) in [6.45, 7) is 2.32. The highest BCUT2D eigenvalue weighted by Gasteiger charge is 2.49. The molecule has 172 valence electrons. The van der Waals surface area contributed by atoms with Gasteiger partial charge in [0.25, 0.3) is 0 Å². The third-order valence-electron chi connectivity index (χ3n) is 8.34. The standard InChI is InChI=1S/C27H51ClS/c1-2-3-4-5-6-11-16-21-26(22-17-12-7-8-13-18-23-26)27(29-28)24-19-14-9-10-15-20-25-27/h2-25H2,1H3. The van der Waals surface area contributed by atoms with Crippen LogP contribution in [-0.2, 0) is 0 Å². The van der Waals surface area contributed by atoms with Crippen molar-refractivity contribution in [3.05, 3.63) is 0 Å². The van der Waals surface area contributed by atoms with E-state index in [1.807, 2.05) is 0 Å². The first-order chi connectivity index (χ1) is 14.3. The minimum Gasteiger partial charge on any atom is -0.0654 e. The number of rotatable bonds is 10. The fourth-order valence-electron chi connectivity index (χ4n) is 6.46. The molecule has 2 heteroatoms. The van der Waals surface area contributed by atoms with E-state index in [0.717, 1.165) is 0 Å². The minimum absolute atomic E-state index is 0.353. The van der Waals surface area contributed by atoms with Gasteiger partial charge < -0.3 is 0 Å². The largest absolute Gasteiger partial charge is 0.0654 e. The zero-order chi connectivity index (χ0) is 20.7. The van der Waals surface area contributed by atoms with E-state index >= 15 is 0 Å². The summed E-state index contributed by atoms with van der Waals surface area (Å²) < 4.78 is 0.353. The van der Waals surface area contributed by atoms with Crippen molar-refractivity contribution in [2.75, 3.05) is 0 Å². The molecule has 0 amide bonds. The molecule has 2 saturated carbocycles. The van der Waals surface area contributed by atoms with Crippen molar-refractivity contribution in [1.29, 1.82) is 0 Å². The predicted molar refractivity (Wildman–Crippen MR) is 135 cm³/mol. The SMILES string of the molecule is CCCCCCCCCC1(C2(SCl)CCCCCCCC2)CCCCCCCC1. The zero-order valence-electron chi connectivity index (χ0n) is 19.8. The highest BCUT2D eigenvalue weighted by Crippen LogP contribution is 2.59. The van der Waals surface area contributed by atoms with Crippen LogP contribution in [0.5, 0.6) is 0 Å². The van der Waals surface area contributed by atoms with Gasteiger partial charge in [0.1, 0.15) is 0 Å². The van der Waals surface area contributed by atoms with Crippen molar-refractivity contribution >= 4 is 21.7 Å². The van der Waals surface area contributed by atoms with E-state index in [9.17, 15) is 0 Å². The van der Waals surface area contributed by atoms with Crippen LogP contribution in [0.15, 0.2) is 0 Å². The maximum absolute atomic E-state index is 6.89. The molecule has 0 unspecified atom stereocenters. The summed E-state index contributed by atoms with van der Waals surface area (Å²) >= 11 is 0. The molecule has 0 atom stereocenters. The molecule has 2 aliphatic carbocycles. The lowest BCUT2D eigenvalue weighted by molar-refractivity contribution is 0.114. The fourth-order valence-corrected chi connectivity index (χ4v) is 8.32. The topological polar surface area (TPSA) is 0 Å². The molecule has 29 heavy (non-hydrogen) atoms. The Labute approximate surface area is 192 Å². The van der Waals surface area contributed by atoms with Crippen molar-refractivity contribution in [2.45, 2.75) is 166 Å². The smallest absolute Gasteiger partial charge is 0.0367 e. The summed E-state index contributed by atoms with van der Waals surface area (Å²) in [5.74, 6) is 0. The highest BCUT2D eigenvalue weighted by atomic mass is 35.7. The first-order valence-corrected chi connectivity index (χ1v) is 15.2. The fraction of sp³-hybridized carbons (Fsp3) is 1.00. The summed E-state index contributed by atoms with van der Waals surface area (Å²) in [5.41, 5.74) is 0.511. The minimum atomic E-state index is 0.353. The van der Waals surface area contributed by atoms with Gasteiger partial charge in [-0.25, -0.2) is 0 Å². The van der Waals surface area contributed by atoms with Crippen LogP contribution in [0.1, 0.15) is 161 Å². The molecule has 0 radical (unpaired) electrons. The van der Waals surface area contributed by atoms with Gasteiger partial charge in [-0.1, -0.05) is 129 Å². The van der Waals surface area contributed by atoms with Crippen LogP contribution >= 0.6 is 21.7 Å². The monoisotopic (exact) mass is 442 g/mol. The second-order valence-corrected chi connectivity index (χ2v) is 11.9. The lowest BCUT2D eigenvalue weighted by Crippen LogP contribution is -2.45. The molecular weight excluding hydrogens is 392 g/mol. The van der Waals surface area contributed by atoms with Crippen LogP contribution in [0.25, 0.3) is 0 Å². The van der Waals surface area contributed by atoms with Crippen molar-refractivity contribution in [3.63, 3.8) is 0 Å². The maximum Gasteiger partial charge on any atom is 0.0367 e. The molecule has 0 aromatic heterocycles. The molecule has 0 spiro atoms. The van der Waals surface area contributed by atoms with Gasteiger partial charge in [-0.3, -0.25) is 0 Å². The van der Waals surface area contributed by atoms with E-state index in [2.05, 4.69) is 6.92 Å². The third kappa shape index (κ3) is 8.59. The molecule has 0 heterocycles. The van der Waals surface area contributed by atoms with E-state index in [1.165, 1.54) is 154 Å². The molecule has 2 aliphatic rings. The van der Waals surface area contributed by atoms with E-state index in [1.54, 1.807) is 11.0 Å². The first kappa shape index (κ1) is 25.9. The number of halogens is 1. The number of hydrogen-bond acceptors (Lipinski definition) is 1. The van der Waals surface area contributed by atoms with Crippen molar-refractivity contribution in [3.8, 4) is 0 Å². The van der Waals surface area contributed by atoms with Crippen molar-refractivity contribution in [2.24, 2.45) is 5.41 Å². The van der Waals surface area contributed by atoms with Gasteiger partial charge in [-0.2, -0.15) is 0 Å². The van der Waals surface area contributed by atoms with Gasteiger partial charge in [-0.15, -0.1) is 0 Å². The Hall–Kier alpha value is 0.640. The summed E-state index contributed by atoms with van der Waals surface area (Å²) in [6.07, 6.45) is 34.6. The summed E-state index contributed by atoms with van der Waals surface area (Å²) in [4.78, 5) is 0. The van der Waals surface area contributed by atoms with Crippen LogP contribution in [0.4, 0.5) is 0 Å². The van der Waals surface area contributed by atoms with Gasteiger partial charge in [0.2, 0.25) is 0 Å². The van der Waals surface area contributed by atoms with Gasteiger partial charge in [-0.05, 0) is 59.2 Å². The normalized spacial score (nSPS) is 23.8. The summed E-state index contributed by atoms with van der Waals surface area (Å²) in [6, 6.07) is 0. The number of unbranched alkanes of at least 4 members (excludes halogenated alkanes) is 6. The predicted octanol–water partition coefficient (Wildman–Crippen LogP) is 11.0. The van der Waals surface area contributed by atoms with E-state index in [0.29, 0.717) is 10.2 Å². The average Bonchev–Trinajstić information content (AvgIpc) is 2.94. The second kappa shape index (κ2) is 15.4. The van der Waals surface area contributed by atoms with Crippen LogP contribution in [0.2, 0.25) is 0 Å². The van der Waals surface area contributed by atoms with Crippen molar-refractivity contribution in [1.82, 2.24) is 0 Å². The van der Waals surface area contributed by atoms with Crippen LogP contribution in [0, 0.1) is 5.41 Å². The Bertz CT molecular complexity index is 374. The summed E-state index contributed by atoms with van der Waals surface area (Å²) in [5, 5.41) is 0. The average molecular weight is 443 g/mol. The Kier molecular flexibility index (Phi) is 13.8. The molecule has 0 aromatic carbocycles. The van der Waals surface area contributed by atoms with Gasteiger partial charge in [0, 0.05) is 4.75 Å². The molecule has 0 saturated heterocycles. The lowest BCUT2D eigenvalue weighted by atomic mass is 9.62. The molecule has 0 N–H and O–H groups in total. The van der Waals surface area contributed by atoms with Gasteiger partial charge in [0.15, 0.2) is 0 Å². The van der Waals surface area contributed by atoms with Crippen LogP contribution in [-0.4, -0.2) is 4.75 Å². The van der Waals surface area contributed by atoms with Gasteiger partial charge in [0.05, 0.1) is 0 Å². The Morgan fingerprint density at radius 2 is 0.966 bits per heavy atom. The quantitative estimate of drug-likeness (QED) is 0.303. The van der Waals surface area contributed by atoms with Crippen LogP contribution < -0.4 is 0 Å². The van der Waals surface area contributed by atoms with E-state index in [4.69, 9.17) is 10.7 Å². The Morgan fingerprint density at radius 3 is 1.45 bits per heavy atom. The highest BCUT2D eigenvalue weighted by molar-refractivity contribution is 8.22. The molecule has 0 bridgehead atoms. The molecule has 0 nitrogen and oxygen atoms in total. The molecule has 0 aliphatic heterocycles. The molecule has 0 aromatic rings.